The third-order valence-corrected chi connectivity index (χ3v) is 3.38. The van der Waals surface area contributed by atoms with Crippen molar-refractivity contribution in [2.24, 2.45) is 7.05 Å². The van der Waals surface area contributed by atoms with Gasteiger partial charge in [-0.3, -0.25) is 9.48 Å². The fraction of sp³-hybridized carbons (Fsp3) is 0.385. The van der Waals surface area contributed by atoms with Crippen molar-refractivity contribution in [2.45, 2.75) is 26.7 Å². The summed E-state index contributed by atoms with van der Waals surface area (Å²) in [5.74, 6) is 0.315. The van der Waals surface area contributed by atoms with Crippen molar-refractivity contribution in [1.82, 2.24) is 9.78 Å². The molecule has 0 radical (unpaired) electrons. The molecule has 4 nitrogen and oxygen atoms in total. The molecular weight excluding hydrogens is 252 g/mol. The van der Waals surface area contributed by atoms with Crippen LogP contribution in [0.2, 0.25) is 5.02 Å². The predicted octanol–water partition coefficient (Wildman–Crippen LogP) is 2.96. The zero-order valence-electron chi connectivity index (χ0n) is 10.7. The third kappa shape index (κ3) is 2.20. The van der Waals surface area contributed by atoms with E-state index in [2.05, 4.69) is 5.10 Å². The lowest BCUT2D eigenvalue weighted by atomic mass is 10.1. The van der Waals surface area contributed by atoms with Crippen molar-refractivity contribution in [3.8, 4) is 0 Å². The maximum absolute atomic E-state index is 12.1. The summed E-state index contributed by atoms with van der Waals surface area (Å²) >= 11 is 6.21. The zero-order chi connectivity index (χ0) is 13.3. The first-order chi connectivity index (χ1) is 8.54. The van der Waals surface area contributed by atoms with E-state index in [0.717, 1.165) is 23.4 Å². The molecule has 96 valence electrons. The Kier molecular flexibility index (Phi) is 3.57. The van der Waals surface area contributed by atoms with E-state index in [9.17, 15) is 4.79 Å². The van der Waals surface area contributed by atoms with Crippen LogP contribution < -0.4 is 0 Å². The summed E-state index contributed by atoms with van der Waals surface area (Å²) in [6, 6.07) is 1.77. The molecule has 0 atom stereocenters. The van der Waals surface area contributed by atoms with Crippen LogP contribution >= 0.6 is 11.6 Å². The fourth-order valence-electron chi connectivity index (χ4n) is 1.90. The monoisotopic (exact) mass is 266 g/mol. The molecule has 0 saturated heterocycles. The molecule has 2 rings (SSSR count). The Labute approximate surface area is 111 Å². The van der Waals surface area contributed by atoms with Crippen LogP contribution in [0.15, 0.2) is 16.7 Å². The second kappa shape index (κ2) is 4.98. The average Bonchev–Trinajstić information content (AvgIpc) is 2.87. The summed E-state index contributed by atoms with van der Waals surface area (Å²) in [5.41, 5.74) is 2.39. The lowest BCUT2D eigenvalue weighted by Crippen LogP contribution is -2.08. The molecule has 0 aromatic carbocycles. The minimum atomic E-state index is -0.0787. The van der Waals surface area contributed by atoms with Crippen LogP contribution in [0.25, 0.3) is 0 Å². The van der Waals surface area contributed by atoms with Crippen LogP contribution in [0.4, 0.5) is 0 Å². The number of rotatable bonds is 4. The summed E-state index contributed by atoms with van der Waals surface area (Å²) in [6.45, 7) is 3.83. The predicted molar refractivity (Wildman–Crippen MR) is 69.1 cm³/mol. The van der Waals surface area contributed by atoms with E-state index in [4.69, 9.17) is 16.0 Å². The van der Waals surface area contributed by atoms with E-state index in [1.807, 2.05) is 13.8 Å². The molecule has 18 heavy (non-hydrogen) atoms. The molecule has 0 saturated carbocycles. The quantitative estimate of drug-likeness (QED) is 0.800. The van der Waals surface area contributed by atoms with Crippen molar-refractivity contribution in [3.63, 3.8) is 0 Å². The maximum atomic E-state index is 12.1. The molecule has 0 bridgehead atoms. The number of Topliss-reactive ketones (excluding diaryl/α,β-unsaturated/α-hetero) is 1. The number of aromatic nitrogens is 2. The summed E-state index contributed by atoms with van der Waals surface area (Å²) in [4.78, 5) is 12.1. The molecule has 0 aliphatic rings. The minimum Gasteiger partial charge on any atom is -0.461 e. The normalized spacial score (nSPS) is 10.9. The lowest BCUT2D eigenvalue weighted by molar-refractivity contribution is 0.0963. The number of halogens is 1. The van der Waals surface area contributed by atoms with Gasteiger partial charge in [0.2, 0.25) is 5.78 Å². The van der Waals surface area contributed by atoms with Crippen molar-refractivity contribution < 1.29 is 9.21 Å². The van der Waals surface area contributed by atoms with Crippen molar-refractivity contribution in [1.29, 1.82) is 0 Å². The maximum Gasteiger partial charge on any atom is 0.204 e. The summed E-state index contributed by atoms with van der Waals surface area (Å²) in [7, 11) is 1.79. The van der Waals surface area contributed by atoms with Crippen molar-refractivity contribution in [3.05, 3.63) is 40.1 Å². The second-order valence-corrected chi connectivity index (χ2v) is 4.60. The van der Waals surface area contributed by atoms with Gasteiger partial charge >= 0.3 is 0 Å². The first-order valence-electron chi connectivity index (χ1n) is 5.82. The van der Waals surface area contributed by atoms with Gasteiger partial charge in [0.15, 0.2) is 5.76 Å². The first kappa shape index (κ1) is 12.9. The average molecular weight is 267 g/mol. The largest absolute Gasteiger partial charge is 0.461 e. The van der Waals surface area contributed by atoms with Gasteiger partial charge in [-0.2, -0.15) is 5.10 Å². The Balaban J connectivity index is 2.27. The van der Waals surface area contributed by atoms with Gasteiger partial charge in [0.25, 0.3) is 0 Å². The van der Waals surface area contributed by atoms with E-state index in [1.165, 1.54) is 6.26 Å². The van der Waals surface area contributed by atoms with Crippen molar-refractivity contribution in [2.75, 3.05) is 0 Å². The van der Waals surface area contributed by atoms with Gasteiger partial charge < -0.3 is 4.42 Å². The van der Waals surface area contributed by atoms with Crippen LogP contribution in [-0.2, 0) is 19.9 Å². The molecule has 0 amide bonds. The van der Waals surface area contributed by atoms with E-state index in [-0.39, 0.29) is 12.2 Å². The van der Waals surface area contributed by atoms with E-state index in [1.54, 1.807) is 17.8 Å². The molecule has 0 spiro atoms. The Morgan fingerprint density at radius 3 is 2.78 bits per heavy atom. The SMILES string of the molecule is CCc1nn(C)c(CC(=O)c2occc2C)c1Cl. The molecule has 2 aromatic heterocycles. The van der Waals surface area contributed by atoms with Gasteiger partial charge in [-0.15, -0.1) is 0 Å². The topological polar surface area (TPSA) is 48.0 Å². The third-order valence-electron chi connectivity index (χ3n) is 2.95. The fourth-order valence-corrected chi connectivity index (χ4v) is 2.26. The zero-order valence-corrected chi connectivity index (χ0v) is 11.4. The first-order valence-corrected chi connectivity index (χ1v) is 6.20. The highest BCUT2D eigenvalue weighted by atomic mass is 35.5. The Morgan fingerprint density at radius 2 is 2.28 bits per heavy atom. The Morgan fingerprint density at radius 1 is 1.56 bits per heavy atom. The Hall–Kier alpha value is -1.55. The molecule has 0 aliphatic carbocycles. The lowest BCUT2D eigenvalue weighted by Gasteiger charge is -2.01. The molecule has 0 fully saturated rings. The highest BCUT2D eigenvalue weighted by molar-refractivity contribution is 6.32. The van der Waals surface area contributed by atoms with Crippen LogP contribution in [0, 0.1) is 6.92 Å². The molecule has 0 aliphatic heterocycles. The number of ketones is 1. The molecular formula is C13H15ClN2O2. The van der Waals surface area contributed by atoms with E-state index >= 15 is 0 Å². The number of nitrogens with zero attached hydrogens (tertiary/aromatic N) is 2. The highest BCUT2D eigenvalue weighted by Crippen LogP contribution is 2.23. The van der Waals surface area contributed by atoms with E-state index in [0.29, 0.717) is 10.8 Å². The van der Waals surface area contributed by atoms with E-state index < -0.39 is 0 Å². The number of carbonyl (C=O) groups excluding carboxylic acids is 1. The number of carbonyl (C=O) groups is 1. The number of hydrogen-bond acceptors (Lipinski definition) is 3. The van der Waals surface area contributed by atoms with Crippen LogP contribution in [0.3, 0.4) is 0 Å². The molecule has 0 unspecified atom stereocenters. The van der Waals surface area contributed by atoms with Gasteiger partial charge in [0.1, 0.15) is 0 Å². The summed E-state index contributed by atoms with van der Waals surface area (Å²) in [5, 5.41) is 4.87. The van der Waals surface area contributed by atoms with Gasteiger partial charge in [-0.1, -0.05) is 18.5 Å². The van der Waals surface area contributed by atoms with Crippen LogP contribution in [0.5, 0.6) is 0 Å². The van der Waals surface area contributed by atoms with Crippen LogP contribution in [-0.4, -0.2) is 15.6 Å². The smallest absolute Gasteiger partial charge is 0.204 e. The van der Waals surface area contributed by atoms with Crippen LogP contribution in [0.1, 0.15) is 34.4 Å². The molecule has 5 heteroatoms. The summed E-state index contributed by atoms with van der Waals surface area (Å²) < 4.78 is 6.85. The number of furan rings is 1. The van der Waals surface area contributed by atoms with Crippen molar-refractivity contribution >= 4 is 17.4 Å². The number of aryl methyl sites for hydroxylation is 3. The standard InChI is InChI=1S/C13H15ClN2O2/c1-4-9-12(14)10(16(3)15-9)7-11(17)13-8(2)5-6-18-13/h5-6H,4,7H2,1-3H3. The second-order valence-electron chi connectivity index (χ2n) is 4.22. The summed E-state index contributed by atoms with van der Waals surface area (Å²) in [6.07, 6.45) is 2.47. The van der Waals surface area contributed by atoms with Gasteiger partial charge in [-0.25, -0.2) is 0 Å². The minimum absolute atomic E-state index is 0.0787. The Bertz CT molecular complexity index is 584. The number of hydrogen-bond donors (Lipinski definition) is 0. The molecule has 0 N–H and O–H groups in total. The van der Waals surface area contributed by atoms with Gasteiger partial charge in [-0.05, 0) is 25.0 Å². The van der Waals surface area contributed by atoms with Gasteiger partial charge in [0, 0.05) is 7.05 Å². The molecule has 2 aromatic rings. The van der Waals surface area contributed by atoms with Gasteiger partial charge in [0.05, 0.1) is 29.1 Å². The highest BCUT2D eigenvalue weighted by Gasteiger charge is 2.19. The molecule has 2 heterocycles.